The van der Waals surface area contributed by atoms with E-state index < -0.39 is 0 Å². The molecule has 0 saturated carbocycles. The predicted octanol–water partition coefficient (Wildman–Crippen LogP) is 5.17. The highest BCUT2D eigenvalue weighted by molar-refractivity contribution is 7.98. The molecule has 0 aliphatic rings. The van der Waals surface area contributed by atoms with E-state index in [4.69, 9.17) is 4.52 Å². The lowest BCUT2D eigenvalue weighted by molar-refractivity contribution is 0.393. The van der Waals surface area contributed by atoms with Crippen LogP contribution in [0, 0.1) is 20.8 Å². The van der Waals surface area contributed by atoms with E-state index >= 15 is 0 Å². The average molecular weight is 332 g/mol. The normalized spacial score (nSPS) is 12.8. The van der Waals surface area contributed by atoms with Gasteiger partial charge in [-0.2, -0.15) is 5.11 Å². The van der Waals surface area contributed by atoms with E-state index in [0.717, 1.165) is 29.1 Å². The Balaban J connectivity index is 2.44. The van der Waals surface area contributed by atoms with Crippen molar-refractivity contribution in [2.24, 2.45) is 9.63 Å². The highest BCUT2D eigenvalue weighted by Gasteiger charge is 2.18. The minimum absolute atomic E-state index is 0.210. The van der Waals surface area contributed by atoms with Crippen molar-refractivity contribution >= 4 is 17.6 Å². The molecule has 1 atom stereocenters. The van der Waals surface area contributed by atoms with Crippen molar-refractivity contribution in [3.05, 3.63) is 35.2 Å². The molecule has 0 aliphatic heterocycles. The zero-order valence-corrected chi connectivity index (χ0v) is 15.4. The van der Waals surface area contributed by atoms with Crippen LogP contribution in [-0.2, 0) is 0 Å². The second kappa shape index (κ2) is 7.64. The zero-order chi connectivity index (χ0) is 17.0. The standard InChI is InChI=1S/C17H24N4OS/c1-7-21(14(5)23-20-18-6)16-10-15(9-8-11(16)2)17-12(3)19-22-13(17)4/h8-10,14H,7H2,1-6H3. The Morgan fingerprint density at radius 3 is 2.61 bits per heavy atom. The van der Waals surface area contributed by atoms with E-state index in [-0.39, 0.29) is 5.37 Å². The van der Waals surface area contributed by atoms with Crippen LogP contribution >= 0.6 is 11.9 Å². The molecule has 0 amide bonds. The average Bonchev–Trinajstić information content (AvgIpc) is 2.87. The molecular formula is C17H24N4OS. The summed E-state index contributed by atoms with van der Waals surface area (Å²) in [5.41, 5.74) is 5.58. The summed E-state index contributed by atoms with van der Waals surface area (Å²) in [5.74, 6) is 0.850. The lowest BCUT2D eigenvalue weighted by Gasteiger charge is -2.30. The van der Waals surface area contributed by atoms with Crippen molar-refractivity contribution in [2.45, 2.75) is 40.0 Å². The molecule has 23 heavy (non-hydrogen) atoms. The predicted molar refractivity (Wildman–Crippen MR) is 97.0 cm³/mol. The van der Waals surface area contributed by atoms with Crippen LogP contribution in [0.5, 0.6) is 0 Å². The van der Waals surface area contributed by atoms with Gasteiger partial charge >= 0.3 is 0 Å². The molecule has 0 fully saturated rings. The summed E-state index contributed by atoms with van der Waals surface area (Å²) >= 11 is 1.48. The number of anilines is 1. The Kier molecular flexibility index (Phi) is 5.82. The van der Waals surface area contributed by atoms with Gasteiger partial charge in [0.15, 0.2) is 0 Å². The lowest BCUT2D eigenvalue weighted by atomic mass is 10.0. The number of aryl methyl sites for hydroxylation is 3. The number of nitrogens with zero attached hydrogens (tertiary/aromatic N) is 4. The molecule has 0 spiro atoms. The third kappa shape index (κ3) is 3.75. The van der Waals surface area contributed by atoms with E-state index in [0.29, 0.717) is 0 Å². The minimum Gasteiger partial charge on any atom is -0.361 e. The first-order chi connectivity index (χ1) is 11.0. The quantitative estimate of drug-likeness (QED) is 0.416. The van der Waals surface area contributed by atoms with Crippen LogP contribution < -0.4 is 4.90 Å². The molecule has 0 N–H and O–H groups in total. The molecule has 1 aromatic heterocycles. The third-order valence-corrected chi connectivity index (χ3v) is 4.72. The van der Waals surface area contributed by atoms with Gasteiger partial charge in [-0.1, -0.05) is 17.3 Å². The second-order valence-corrected chi connectivity index (χ2v) is 6.53. The molecule has 1 heterocycles. The highest BCUT2D eigenvalue weighted by atomic mass is 32.2. The largest absolute Gasteiger partial charge is 0.361 e. The first-order valence-electron chi connectivity index (χ1n) is 7.75. The summed E-state index contributed by atoms with van der Waals surface area (Å²) in [7, 11) is 1.69. The van der Waals surface area contributed by atoms with Gasteiger partial charge in [-0.25, -0.2) is 0 Å². The molecule has 0 bridgehead atoms. The Bertz CT molecular complexity index is 676. The molecule has 6 heteroatoms. The highest BCUT2D eigenvalue weighted by Crippen LogP contribution is 2.34. The van der Waals surface area contributed by atoms with E-state index in [1.54, 1.807) is 7.05 Å². The lowest BCUT2D eigenvalue weighted by Crippen LogP contribution is -2.30. The number of hydrogen-bond donors (Lipinski definition) is 0. The van der Waals surface area contributed by atoms with Crippen molar-refractivity contribution in [1.29, 1.82) is 0 Å². The molecule has 1 unspecified atom stereocenters. The zero-order valence-electron chi connectivity index (χ0n) is 14.6. The number of hydrogen-bond acceptors (Lipinski definition) is 6. The molecule has 1 aromatic carbocycles. The fourth-order valence-electron chi connectivity index (χ4n) is 2.77. The minimum atomic E-state index is 0.210. The van der Waals surface area contributed by atoms with Gasteiger partial charge in [0.25, 0.3) is 0 Å². The van der Waals surface area contributed by atoms with Crippen molar-refractivity contribution in [1.82, 2.24) is 5.16 Å². The smallest absolute Gasteiger partial charge is 0.141 e. The molecule has 124 valence electrons. The number of aromatic nitrogens is 1. The van der Waals surface area contributed by atoms with Crippen LogP contribution in [0.15, 0.2) is 32.4 Å². The summed E-state index contributed by atoms with van der Waals surface area (Å²) in [6.45, 7) is 11.3. The first kappa shape index (κ1) is 17.5. The Hall–Kier alpha value is -1.82. The molecule has 2 rings (SSSR count). The van der Waals surface area contributed by atoms with Crippen LogP contribution in [-0.4, -0.2) is 24.1 Å². The SMILES string of the molecule is CCN(c1cc(-c2c(C)noc2C)ccc1C)C(C)SN=NC. The van der Waals surface area contributed by atoms with Gasteiger partial charge in [-0.3, -0.25) is 0 Å². The summed E-state index contributed by atoms with van der Waals surface area (Å²) in [6.07, 6.45) is 0. The fourth-order valence-corrected chi connectivity index (χ4v) is 3.37. The van der Waals surface area contributed by atoms with Crippen LogP contribution in [0.25, 0.3) is 11.1 Å². The molecule has 0 radical (unpaired) electrons. The van der Waals surface area contributed by atoms with Crippen molar-refractivity contribution in [2.75, 3.05) is 18.5 Å². The maximum absolute atomic E-state index is 5.31. The van der Waals surface area contributed by atoms with Crippen molar-refractivity contribution in [3.8, 4) is 11.1 Å². The summed E-state index contributed by atoms with van der Waals surface area (Å²) in [6, 6.07) is 6.49. The van der Waals surface area contributed by atoms with Gasteiger partial charge in [-0.15, -0.1) is 4.52 Å². The van der Waals surface area contributed by atoms with Gasteiger partial charge in [0.2, 0.25) is 0 Å². The molecule has 0 aliphatic carbocycles. The van der Waals surface area contributed by atoms with Gasteiger partial charge in [0, 0.05) is 36.8 Å². The molecule has 0 saturated heterocycles. The van der Waals surface area contributed by atoms with Crippen molar-refractivity contribution in [3.63, 3.8) is 0 Å². The van der Waals surface area contributed by atoms with Crippen LogP contribution in [0.4, 0.5) is 5.69 Å². The second-order valence-electron chi connectivity index (χ2n) is 5.47. The summed E-state index contributed by atoms with van der Waals surface area (Å²) in [5, 5.41) is 8.11. The van der Waals surface area contributed by atoms with Gasteiger partial charge in [0.05, 0.1) is 11.1 Å². The van der Waals surface area contributed by atoms with Crippen LogP contribution in [0.2, 0.25) is 0 Å². The van der Waals surface area contributed by atoms with Crippen LogP contribution in [0.1, 0.15) is 30.9 Å². The van der Waals surface area contributed by atoms with E-state index in [1.165, 1.54) is 23.2 Å². The number of benzene rings is 1. The third-order valence-electron chi connectivity index (χ3n) is 3.90. The Labute approximate surface area is 142 Å². The van der Waals surface area contributed by atoms with E-state index in [1.807, 2.05) is 13.8 Å². The Morgan fingerprint density at radius 1 is 1.30 bits per heavy atom. The van der Waals surface area contributed by atoms with Crippen molar-refractivity contribution < 1.29 is 4.52 Å². The van der Waals surface area contributed by atoms with Gasteiger partial charge in [-0.05, 0) is 51.8 Å². The maximum atomic E-state index is 5.31. The van der Waals surface area contributed by atoms with E-state index in [9.17, 15) is 0 Å². The van der Waals surface area contributed by atoms with Gasteiger partial charge in [0.1, 0.15) is 5.76 Å². The monoisotopic (exact) mass is 332 g/mol. The van der Waals surface area contributed by atoms with E-state index in [2.05, 4.69) is 58.7 Å². The Morgan fingerprint density at radius 2 is 2.04 bits per heavy atom. The maximum Gasteiger partial charge on any atom is 0.141 e. The fraction of sp³-hybridized carbons (Fsp3) is 0.471. The number of rotatable bonds is 6. The molecule has 5 nitrogen and oxygen atoms in total. The van der Waals surface area contributed by atoms with Gasteiger partial charge < -0.3 is 9.42 Å². The molecule has 2 aromatic rings. The first-order valence-corrected chi connectivity index (χ1v) is 8.58. The van der Waals surface area contributed by atoms with Crippen LogP contribution in [0.3, 0.4) is 0 Å². The summed E-state index contributed by atoms with van der Waals surface area (Å²) < 4.78 is 9.38. The molecular weight excluding hydrogens is 308 g/mol. The summed E-state index contributed by atoms with van der Waals surface area (Å²) in [4.78, 5) is 2.33. The topological polar surface area (TPSA) is 54.0 Å².